The molecule has 2 saturated heterocycles. The van der Waals surface area contributed by atoms with Crippen LogP contribution in [0.25, 0.3) is 0 Å². The van der Waals surface area contributed by atoms with Gasteiger partial charge in [0.15, 0.2) is 11.1 Å². The highest BCUT2D eigenvalue weighted by Crippen LogP contribution is 2.24. The number of hydrogen-bond donors (Lipinski definition) is 1. The largest absolute Gasteiger partial charge is 0.357 e. The first-order valence-electron chi connectivity index (χ1n) is 10.7. The molecule has 2 aromatic heterocycles. The number of guanidine groups is 1. The molecular formula is C20H30N8OS. The summed E-state index contributed by atoms with van der Waals surface area (Å²) in [5, 5.41) is 10.8. The molecule has 1 amide bonds. The zero-order chi connectivity index (χ0) is 20.9. The number of thiazole rings is 1. The number of aliphatic imine (C=N–C) groups is 1. The second kappa shape index (κ2) is 9.46. The van der Waals surface area contributed by atoms with Gasteiger partial charge in [-0.1, -0.05) is 0 Å². The van der Waals surface area contributed by atoms with Crippen LogP contribution in [0.2, 0.25) is 0 Å². The highest BCUT2D eigenvalue weighted by atomic mass is 32.1. The summed E-state index contributed by atoms with van der Waals surface area (Å²) in [6.45, 7) is 7.39. The van der Waals surface area contributed by atoms with Crippen molar-refractivity contribution in [3.05, 3.63) is 23.5 Å². The summed E-state index contributed by atoms with van der Waals surface area (Å²) < 4.78 is 1.72. The molecular weight excluding hydrogens is 400 g/mol. The lowest BCUT2D eigenvalue weighted by atomic mass is 10.3. The number of carbonyl (C=O) groups excluding carboxylic acids is 1. The molecule has 162 valence electrons. The Morgan fingerprint density at radius 2 is 2.10 bits per heavy atom. The fourth-order valence-electron chi connectivity index (χ4n) is 3.84. The summed E-state index contributed by atoms with van der Waals surface area (Å²) in [6.07, 6.45) is 6.94. The predicted molar refractivity (Wildman–Crippen MR) is 120 cm³/mol. The second-order valence-corrected chi connectivity index (χ2v) is 8.48. The van der Waals surface area contributed by atoms with E-state index in [0.717, 1.165) is 55.1 Å². The molecule has 0 spiro atoms. The molecule has 4 rings (SSSR count). The Bertz CT molecular complexity index is 885. The van der Waals surface area contributed by atoms with Crippen molar-refractivity contribution >= 4 is 34.0 Å². The van der Waals surface area contributed by atoms with Crippen molar-refractivity contribution in [3.8, 4) is 0 Å². The van der Waals surface area contributed by atoms with Crippen LogP contribution in [0.1, 0.15) is 25.5 Å². The molecule has 0 radical (unpaired) electrons. The molecule has 2 aromatic rings. The van der Waals surface area contributed by atoms with Gasteiger partial charge in [0.1, 0.15) is 6.54 Å². The average Bonchev–Trinajstić information content (AvgIpc) is 3.49. The minimum atomic E-state index is 0.0645. The molecule has 0 bridgehead atoms. The molecule has 9 nitrogen and oxygen atoms in total. The van der Waals surface area contributed by atoms with Gasteiger partial charge in [0, 0.05) is 64.3 Å². The fraction of sp³-hybridized carbons (Fsp3) is 0.600. The first-order chi connectivity index (χ1) is 14.6. The van der Waals surface area contributed by atoms with Gasteiger partial charge in [-0.3, -0.25) is 14.5 Å². The fourth-order valence-corrected chi connectivity index (χ4v) is 4.76. The van der Waals surface area contributed by atoms with Crippen LogP contribution >= 0.6 is 11.3 Å². The number of nitrogens with zero attached hydrogens (tertiary/aromatic N) is 7. The summed E-state index contributed by atoms with van der Waals surface area (Å²) in [5.41, 5.74) is 1.94. The van der Waals surface area contributed by atoms with Crippen molar-refractivity contribution in [3.63, 3.8) is 0 Å². The molecule has 0 unspecified atom stereocenters. The van der Waals surface area contributed by atoms with Crippen molar-refractivity contribution in [2.75, 3.05) is 55.6 Å². The maximum absolute atomic E-state index is 12.7. The van der Waals surface area contributed by atoms with Gasteiger partial charge < -0.3 is 20.0 Å². The number of nitrogens with one attached hydrogen (secondary N) is 1. The Balaban J connectivity index is 1.34. The van der Waals surface area contributed by atoms with Gasteiger partial charge in [-0.25, -0.2) is 4.98 Å². The van der Waals surface area contributed by atoms with E-state index in [9.17, 15) is 4.79 Å². The Kier molecular flexibility index (Phi) is 6.51. The number of rotatable bonds is 6. The third kappa shape index (κ3) is 4.75. The molecule has 2 aliphatic rings. The van der Waals surface area contributed by atoms with E-state index in [1.165, 1.54) is 12.8 Å². The molecule has 2 aliphatic heterocycles. The van der Waals surface area contributed by atoms with Crippen LogP contribution in [0.3, 0.4) is 0 Å². The van der Waals surface area contributed by atoms with Crippen LogP contribution in [0, 0.1) is 0 Å². The lowest BCUT2D eigenvalue weighted by Gasteiger charge is -2.35. The van der Waals surface area contributed by atoms with Crippen LogP contribution in [0.4, 0.5) is 10.8 Å². The van der Waals surface area contributed by atoms with Crippen molar-refractivity contribution in [2.45, 2.75) is 26.2 Å². The van der Waals surface area contributed by atoms with E-state index in [4.69, 9.17) is 9.98 Å². The lowest BCUT2D eigenvalue weighted by Crippen LogP contribution is -2.55. The summed E-state index contributed by atoms with van der Waals surface area (Å²) in [7, 11) is 1.86. The van der Waals surface area contributed by atoms with E-state index >= 15 is 0 Å². The highest BCUT2D eigenvalue weighted by molar-refractivity contribution is 7.13. The SMILES string of the molecule is CCNC(=NCCc1csc(N2CCCC2)n1)N1CCN(c2cnn(C)c2)C(=O)C1. The number of carbonyl (C=O) groups is 1. The third-order valence-electron chi connectivity index (χ3n) is 5.40. The Morgan fingerprint density at radius 1 is 1.27 bits per heavy atom. The molecule has 0 aromatic carbocycles. The van der Waals surface area contributed by atoms with Gasteiger partial charge in [0.25, 0.3) is 0 Å². The van der Waals surface area contributed by atoms with E-state index in [-0.39, 0.29) is 5.91 Å². The molecule has 0 saturated carbocycles. The zero-order valence-electron chi connectivity index (χ0n) is 17.8. The molecule has 2 fully saturated rings. The first-order valence-corrected chi connectivity index (χ1v) is 11.5. The molecule has 10 heteroatoms. The predicted octanol–water partition coefficient (Wildman–Crippen LogP) is 1.33. The Labute approximate surface area is 181 Å². The monoisotopic (exact) mass is 430 g/mol. The zero-order valence-corrected chi connectivity index (χ0v) is 18.6. The summed E-state index contributed by atoms with van der Waals surface area (Å²) >= 11 is 1.73. The van der Waals surface area contributed by atoms with E-state index in [1.54, 1.807) is 27.1 Å². The van der Waals surface area contributed by atoms with Gasteiger partial charge in [-0.15, -0.1) is 11.3 Å². The van der Waals surface area contributed by atoms with Crippen LogP contribution in [-0.2, 0) is 18.3 Å². The van der Waals surface area contributed by atoms with E-state index in [2.05, 4.69) is 20.7 Å². The van der Waals surface area contributed by atoms with Gasteiger partial charge in [0.2, 0.25) is 5.91 Å². The standard InChI is InChI=1S/C20H30N8OS/c1-3-21-19(22-7-6-16-15-30-20(24-16)26-8-4-5-9-26)27-10-11-28(18(29)14-27)17-12-23-25(2)13-17/h12-13,15H,3-11,14H2,1-2H3,(H,21,22). The van der Waals surface area contributed by atoms with Crippen molar-refractivity contribution in [1.82, 2.24) is 25.0 Å². The molecule has 30 heavy (non-hydrogen) atoms. The maximum atomic E-state index is 12.7. The molecule has 0 aliphatic carbocycles. The lowest BCUT2D eigenvalue weighted by molar-refractivity contribution is -0.120. The van der Waals surface area contributed by atoms with E-state index in [1.807, 2.05) is 25.1 Å². The average molecular weight is 431 g/mol. The summed E-state index contributed by atoms with van der Waals surface area (Å²) in [6, 6.07) is 0. The van der Waals surface area contributed by atoms with E-state index in [0.29, 0.717) is 19.6 Å². The minimum absolute atomic E-state index is 0.0645. The van der Waals surface area contributed by atoms with Crippen LogP contribution in [-0.4, -0.2) is 77.3 Å². The number of anilines is 2. The topological polar surface area (TPSA) is 81.9 Å². The van der Waals surface area contributed by atoms with Crippen molar-refractivity contribution < 1.29 is 4.79 Å². The number of hydrogen-bond acceptors (Lipinski definition) is 6. The van der Waals surface area contributed by atoms with E-state index < -0.39 is 0 Å². The number of piperazine rings is 1. The maximum Gasteiger partial charge on any atom is 0.246 e. The van der Waals surface area contributed by atoms with Crippen molar-refractivity contribution in [1.29, 1.82) is 0 Å². The van der Waals surface area contributed by atoms with Gasteiger partial charge in [0.05, 0.1) is 17.6 Å². The molecule has 1 N–H and O–H groups in total. The smallest absolute Gasteiger partial charge is 0.246 e. The molecule has 0 atom stereocenters. The number of aryl methyl sites for hydroxylation is 1. The first kappa shape index (κ1) is 20.6. The van der Waals surface area contributed by atoms with Gasteiger partial charge in [-0.2, -0.15) is 5.10 Å². The number of amides is 1. The normalized spacial score (nSPS) is 17.9. The Hall–Kier alpha value is -2.62. The highest BCUT2D eigenvalue weighted by Gasteiger charge is 2.27. The Morgan fingerprint density at radius 3 is 2.80 bits per heavy atom. The number of aromatic nitrogens is 3. The van der Waals surface area contributed by atoms with Crippen LogP contribution < -0.4 is 15.1 Å². The van der Waals surface area contributed by atoms with Crippen molar-refractivity contribution in [2.24, 2.45) is 12.0 Å². The molecule has 4 heterocycles. The summed E-state index contributed by atoms with van der Waals surface area (Å²) in [4.78, 5) is 28.4. The third-order valence-corrected chi connectivity index (χ3v) is 6.35. The van der Waals surface area contributed by atoms with Crippen LogP contribution in [0.5, 0.6) is 0 Å². The van der Waals surface area contributed by atoms with Gasteiger partial charge in [-0.05, 0) is 19.8 Å². The quantitative estimate of drug-likeness (QED) is 0.550. The van der Waals surface area contributed by atoms with Crippen LogP contribution in [0.15, 0.2) is 22.8 Å². The summed E-state index contributed by atoms with van der Waals surface area (Å²) in [5.74, 6) is 0.862. The van der Waals surface area contributed by atoms with Gasteiger partial charge >= 0.3 is 0 Å². The minimum Gasteiger partial charge on any atom is -0.357 e. The second-order valence-electron chi connectivity index (χ2n) is 7.64.